The van der Waals surface area contributed by atoms with Crippen LogP contribution in [0, 0.1) is 0 Å². The first kappa shape index (κ1) is 16.7. The van der Waals surface area contributed by atoms with Crippen LogP contribution in [0.2, 0.25) is 0 Å². The molecular weight excluding hydrogens is 312 g/mol. The summed E-state index contributed by atoms with van der Waals surface area (Å²) in [4.78, 5) is 25.2. The van der Waals surface area contributed by atoms with Gasteiger partial charge in [0.05, 0.1) is 5.56 Å². The van der Waals surface area contributed by atoms with Gasteiger partial charge in [0, 0.05) is 36.6 Å². The molecule has 4 heteroatoms. The van der Waals surface area contributed by atoms with E-state index in [9.17, 15) is 9.59 Å². The Morgan fingerprint density at radius 1 is 0.800 bits per heavy atom. The van der Waals surface area contributed by atoms with Gasteiger partial charge in [0.15, 0.2) is 5.78 Å². The molecule has 1 amide bonds. The van der Waals surface area contributed by atoms with Crippen molar-refractivity contribution < 1.29 is 9.59 Å². The van der Waals surface area contributed by atoms with Gasteiger partial charge in [0.25, 0.3) is 5.91 Å². The lowest BCUT2D eigenvalue weighted by Gasteiger charge is -2.10. The standard InChI is InChI=1S/C21H20N2O2/c24-20(17-9-2-1-3-10-17)18-11-4-5-12-19(18)21(25)22-13-8-16-23-14-6-7-15-23/h1-7,9-12,14-15H,8,13,16H2,(H,22,25). The van der Waals surface area contributed by atoms with Gasteiger partial charge in [-0.05, 0) is 24.6 Å². The molecule has 0 unspecified atom stereocenters. The summed E-state index contributed by atoms with van der Waals surface area (Å²) in [6, 6.07) is 19.9. The van der Waals surface area contributed by atoms with Crippen LogP contribution in [0.25, 0.3) is 0 Å². The molecule has 25 heavy (non-hydrogen) atoms. The molecule has 0 saturated heterocycles. The Morgan fingerprint density at radius 2 is 1.44 bits per heavy atom. The van der Waals surface area contributed by atoms with Crippen molar-refractivity contribution in [2.45, 2.75) is 13.0 Å². The van der Waals surface area contributed by atoms with Crippen molar-refractivity contribution in [1.29, 1.82) is 0 Å². The highest BCUT2D eigenvalue weighted by atomic mass is 16.2. The minimum absolute atomic E-state index is 0.140. The molecule has 0 atom stereocenters. The number of benzene rings is 2. The predicted octanol–water partition coefficient (Wildman–Crippen LogP) is 3.54. The van der Waals surface area contributed by atoms with E-state index in [4.69, 9.17) is 0 Å². The van der Waals surface area contributed by atoms with Crippen LogP contribution in [0.1, 0.15) is 32.7 Å². The van der Waals surface area contributed by atoms with Gasteiger partial charge in [-0.1, -0.05) is 48.5 Å². The minimum atomic E-state index is -0.215. The Labute approximate surface area is 147 Å². The van der Waals surface area contributed by atoms with Gasteiger partial charge in [-0.15, -0.1) is 0 Å². The van der Waals surface area contributed by atoms with E-state index in [1.807, 2.05) is 42.7 Å². The van der Waals surface area contributed by atoms with Crippen LogP contribution in [0.4, 0.5) is 0 Å². The summed E-state index contributed by atoms with van der Waals surface area (Å²) in [5, 5.41) is 2.90. The Morgan fingerprint density at radius 3 is 2.16 bits per heavy atom. The number of carbonyl (C=O) groups is 2. The average molecular weight is 332 g/mol. The van der Waals surface area contributed by atoms with Gasteiger partial charge in [0.2, 0.25) is 0 Å². The van der Waals surface area contributed by atoms with Gasteiger partial charge in [-0.2, -0.15) is 0 Å². The Bertz CT molecular complexity index is 839. The molecule has 2 aromatic carbocycles. The first-order valence-electron chi connectivity index (χ1n) is 8.33. The third-order valence-electron chi connectivity index (χ3n) is 4.00. The zero-order valence-corrected chi connectivity index (χ0v) is 13.9. The maximum atomic E-state index is 12.7. The minimum Gasteiger partial charge on any atom is -0.354 e. The molecule has 0 fully saturated rings. The van der Waals surface area contributed by atoms with Gasteiger partial charge < -0.3 is 9.88 Å². The summed E-state index contributed by atoms with van der Waals surface area (Å²) in [6.45, 7) is 1.41. The highest BCUT2D eigenvalue weighted by Crippen LogP contribution is 2.14. The molecule has 0 aliphatic carbocycles. The SMILES string of the molecule is O=C(NCCCn1cccc1)c1ccccc1C(=O)c1ccccc1. The number of hydrogen-bond donors (Lipinski definition) is 1. The number of ketones is 1. The monoisotopic (exact) mass is 332 g/mol. The van der Waals surface area contributed by atoms with Crippen molar-refractivity contribution in [3.63, 3.8) is 0 Å². The smallest absolute Gasteiger partial charge is 0.252 e. The molecule has 1 N–H and O–H groups in total. The van der Waals surface area contributed by atoms with Crippen LogP contribution in [-0.2, 0) is 6.54 Å². The molecule has 4 nitrogen and oxygen atoms in total. The fraction of sp³-hybridized carbons (Fsp3) is 0.143. The molecular formula is C21H20N2O2. The van der Waals surface area contributed by atoms with Crippen molar-refractivity contribution >= 4 is 11.7 Å². The van der Waals surface area contributed by atoms with Crippen LogP contribution in [0.3, 0.4) is 0 Å². The van der Waals surface area contributed by atoms with Crippen molar-refractivity contribution in [3.8, 4) is 0 Å². The molecule has 1 aromatic heterocycles. The zero-order chi connectivity index (χ0) is 17.5. The topological polar surface area (TPSA) is 51.1 Å². The summed E-state index contributed by atoms with van der Waals surface area (Å²) in [5.74, 6) is -0.355. The van der Waals surface area contributed by atoms with E-state index in [0.717, 1.165) is 13.0 Å². The van der Waals surface area contributed by atoms with Gasteiger partial charge >= 0.3 is 0 Å². The number of hydrogen-bond acceptors (Lipinski definition) is 2. The number of nitrogens with zero attached hydrogens (tertiary/aromatic N) is 1. The molecule has 126 valence electrons. The first-order valence-corrected chi connectivity index (χ1v) is 8.33. The summed E-state index contributed by atoms with van der Waals surface area (Å²) in [5.41, 5.74) is 1.42. The Balaban J connectivity index is 1.65. The maximum absolute atomic E-state index is 12.7. The van der Waals surface area contributed by atoms with E-state index in [1.54, 1.807) is 36.4 Å². The van der Waals surface area contributed by atoms with Crippen LogP contribution in [0.5, 0.6) is 0 Å². The van der Waals surface area contributed by atoms with Gasteiger partial charge in [-0.3, -0.25) is 9.59 Å². The number of nitrogens with one attached hydrogen (secondary N) is 1. The molecule has 0 radical (unpaired) electrons. The summed E-state index contributed by atoms with van der Waals surface area (Å²) in [7, 11) is 0. The lowest BCUT2D eigenvalue weighted by atomic mass is 9.98. The van der Waals surface area contributed by atoms with Gasteiger partial charge in [0.1, 0.15) is 0 Å². The third-order valence-corrected chi connectivity index (χ3v) is 4.00. The van der Waals surface area contributed by atoms with E-state index < -0.39 is 0 Å². The third kappa shape index (κ3) is 4.23. The molecule has 0 bridgehead atoms. The summed E-state index contributed by atoms with van der Waals surface area (Å²) < 4.78 is 2.07. The van der Waals surface area contributed by atoms with Crippen molar-refractivity contribution in [2.24, 2.45) is 0 Å². The van der Waals surface area contributed by atoms with E-state index in [-0.39, 0.29) is 11.7 Å². The van der Waals surface area contributed by atoms with E-state index in [2.05, 4.69) is 9.88 Å². The quantitative estimate of drug-likeness (QED) is 0.531. The number of aryl methyl sites for hydroxylation is 1. The van der Waals surface area contributed by atoms with Crippen molar-refractivity contribution in [3.05, 3.63) is 95.8 Å². The second-order valence-electron chi connectivity index (χ2n) is 5.77. The van der Waals surface area contributed by atoms with E-state index in [0.29, 0.717) is 23.2 Å². The molecule has 0 spiro atoms. The molecule has 0 aliphatic rings. The Hall–Kier alpha value is -3.14. The molecule has 3 rings (SSSR count). The molecule has 1 heterocycles. The number of rotatable bonds is 7. The largest absolute Gasteiger partial charge is 0.354 e. The van der Waals surface area contributed by atoms with E-state index >= 15 is 0 Å². The van der Waals surface area contributed by atoms with E-state index in [1.165, 1.54) is 0 Å². The number of aromatic nitrogens is 1. The molecule has 3 aromatic rings. The molecule has 0 aliphatic heterocycles. The van der Waals surface area contributed by atoms with Crippen LogP contribution in [0.15, 0.2) is 79.1 Å². The first-order chi connectivity index (χ1) is 12.3. The van der Waals surface area contributed by atoms with Crippen LogP contribution < -0.4 is 5.32 Å². The lowest BCUT2D eigenvalue weighted by Crippen LogP contribution is -2.27. The summed E-state index contributed by atoms with van der Waals surface area (Å²) in [6.07, 6.45) is 4.82. The highest BCUT2D eigenvalue weighted by molar-refractivity contribution is 6.15. The van der Waals surface area contributed by atoms with Crippen molar-refractivity contribution in [1.82, 2.24) is 9.88 Å². The normalized spacial score (nSPS) is 10.4. The maximum Gasteiger partial charge on any atom is 0.252 e. The summed E-state index contributed by atoms with van der Waals surface area (Å²) >= 11 is 0. The fourth-order valence-electron chi connectivity index (χ4n) is 2.70. The highest BCUT2D eigenvalue weighted by Gasteiger charge is 2.17. The number of carbonyl (C=O) groups excluding carboxylic acids is 2. The number of amides is 1. The Kier molecular flexibility index (Phi) is 5.42. The van der Waals surface area contributed by atoms with Crippen molar-refractivity contribution in [2.75, 3.05) is 6.54 Å². The predicted molar refractivity (Wildman–Crippen MR) is 97.7 cm³/mol. The van der Waals surface area contributed by atoms with Gasteiger partial charge in [-0.25, -0.2) is 0 Å². The second-order valence-corrected chi connectivity index (χ2v) is 5.77. The lowest BCUT2D eigenvalue weighted by molar-refractivity contribution is 0.0941. The zero-order valence-electron chi connectivity index (χ0n) is 13.9. The van der Waals surface area contributed by atoms with Crippen LogP contribution >= 0.6 is 0 Å². The fourth-order valence-corrected chi connectivity index (χ4v) is 2.70. The van der Waals surface area contributed by atoms with Crippen LogP contribution in [-0.4, -0.2) is 22.8 Å². The second kappa shape index (κ2) is 8.11. The average Bonchev–Trinajstić information content (AvgIpc) is 3.19. The molecule has 0 saturated carbocycles.